The summed E-state index contributed by atoms with van der Waals surface area (Å²) in [5.74, 6) is 2.17. The third-order valence-electron chi connectivity index (χ3n) is 5.45. The zero-order valence-electron chi connectivity index (χ0n) is 18.2. The summed E-state index contributed by atoms with van der Waals surface area (Å²) in [5, 5.41) is 0.467. The van der Waals surface area contributed by atoms with Gasteiger partial charge in [0, 0.05) is 12.8 Å². The average molecular weight is 432 g/mol. The molecular formula is C25H24N2O5. The molecule has 0 aliphatic heterocycles. The van der Waals surface area contributed by atoms with Crippen LogP contribution in [-0.2, 0) is 17.6 Å². The summed E-state index contributed by atoms with van der Waals surface area (Å²) in [6, 6.07) is 15.5. The smallest absolute Gasteiger partial charge is 0.262 e. The van der Waals surface area contributed by atoms with Crippen molar-refractivity contribution in [3.8, 4) is 11.5 Å². The van der Waals surface area contributed by atoms with E-state index in [0.29, 0.717) is 40.4 Å². The highest BCUT2D eigenvalue weighted by Crippen LogP contribution is 2.29. The number of hydrogen-bond donors (Lipinski definition) is 0. The molecule has 0 saturated heterocycles. The number of aromatic nitrogens is 2. The first kappa shape index (κ1) is 21.4. The zero-order valence-corrected chi connectivity index (χ0v) is 18.2. The second kappa shape index (κ2) is 9.09. The van der Waals surface area contributed by atoms with Crippen LogP contribution in [0.4, 0.5) is 0 Å². The minimum atomic E-state index is -0.735. The minimum absolute atomic E-state index is 0.144. The molecule has 4 rings (SSSR count). The van der Waals surface area contributed by atoms with E-state index < -0.39 is 6.04 Å². The van der Waals surface area contributed by atoms with Crippen LogP contribution in [0.2, 0.25) is 0 Å². The van der Waals surface area contributed by atoms with Gasteiger partial charge in [0.15, 0.2) is 17.3 Å². The van der Waals surface area contributed by atoms with Crippen molar-refractivity contribution in [2.24, 2.45) is 0 Å². The molecular weight excluding hydrogens is 408 g/mol. The van der Waals surface area contributed by atoms with Crippen molar-refractivity contribution < 1.29 is 18.7 Å². The maximum absolute atomic E-state index is 13.5. The van der Waals surface area contributed by atoms with Gasteiger partial charge >= 0.3 is 0 Å². The van der Waals surface area contributed by atoms with Crippen molar-refractivity contribution >= 4 is 16.7 Å². The number of ether oxygens (including phenoxy) is 2. The van der Waals surface area contributed by atoms with E-state index in [2.05, 4.69) is 0 Å². The van der Waals surface area contributed by atoms with Crippen LogP contribution < -0.4 is 15.0 Å². The molecule has 2 aromatic carbocycles. The first-order valence-corrected chi connectivity index (χ1v) is 10.3. The third-order valence-corrected chi connectivity index (χ3v) is 5.45. The fourth-order valence-electron chi connectivity index (χ4n) is 3.85. The van der Waals surface area contributed by atoms with Crippen LogP contribution in [-0.4, -0.2) is 29.6 Å². The van der Waals surface area contributed by atoms with E-state index in [9.17, 15) is 9.59 Å². The van der Waals surface area contributed by atoms with Gasteiger partial charge in [-0.15, -0.1) is 0 Å². The zero-order chi connectivity index (χ0) is 22.7. The topological polar surface area (TPSA) is 83.6 Å². The Kier molecular flexibility index (Phi) is 6.07. The molecule has 0 spiro atoms. The summed E-state index contributed by atoms with van der Waals surface area (Å²) in [4.78, 5) is 31.0. The summed E-state index contributed by atoms with van der Waals surface area (Å²) >= 11 is 0. The summed E-state index contributed by atoms with van der Waals surface area (Å²) in [5.41, 5.74) is 1.21. The predicted octanol–water partition coefficient (Wildman–Crippen LogP) is 3.97. The molecule has 0 aliphatic rings. The molecule has 0 bridgehead atoms. The van der Waals surface area contributed by atoms with Gasteiger partial charge in [0.25, 0.3) is 5.56 Å². The van der Waals surface area contributed by atoms with Crippen LogP contribution in [0.5, 0.6) is 11.5 Å². The highest BCUT2D eigenvalue weighted by molar-refractivity contribution is 5.82. The fourth-order valence-corrected chi connectivity index (χ4v) is 3.85. The first-order chi connectivity index (χ1) is 15.5. The number of carbonyl (C=O) groups excluding carboxylic acids is 1. The quantitative estimate of drug-likeness (QED) is 0.419. The van der Waals surface area contributed by atoms with E-state index in [4.69, 9.17) is 18.9 Å². The van der Waals surface area contributed by atoms with Gasteiger partial charge in [0.2, 0.25) is 0 Å². The summed E-state index contributed by atoms with van der Waals surface area (Å²) in [6.45, 7) is 1.48. The van der Waals surface area contributed by atoms with Crippen LogP contribution in [0.25, 0.3) is 10.9 Å². The number of nitrogens with zero attached hydrogens (tertiary/aromatic N) is 2. The van der Waals surface area contributed by atoms with E-state index in [-0.39, 0.29) is 17.8 Å². The molecule has 7 nitrogen and oxygen atoms in total. The Balaban J connectivity index is 1.87. The number of fused-ring (bicyclic) bond motifs is 1. The predicted molar refractivity (Wildman–Crippen MR) is 120 cm³/mol. The molecule has 0 N–H and O–H groups in total. The molecule has 0 aliphatic carbocycles. The second-order valence-electron chi connectivity index (χ2n) is 7.50. The van der Waals surface area contributed by atoms with Gasteiger partial charge in [-0.3, -0.25) is 14.2 Å². The maximum atomic E-state index is 13.5. The Morgan fingerprint density at radius 1 is 1.06 bits per heavy atom. The molecule has 7 heteroatoms. The van der Waals surface area contributed by atoms with Crippen LogP contribution in [0.1, 0.15) is 30.1 Å². The molecule has 32 heavy (non-hydrogen) atoms. The lowest BCUT2D eigenvalue weighted by atomic mass is 10.1. The number of carbonyl (C=O) groups is 1. The Bertz CT molecular complexity index is 1310. The van der Waals surface area contributed by atoms with E-state index in [0.717, 1.165) is 5.56 Å². The monoisotopic (exact) mass is 432 g/mol. The van der Waals surface area contributed by atoms with Gasteiger partial charge in [0.05, 0.1) is 31.4 Å². The average Bonchev–Trinajstić information content (AvgIpc) is 3.31. The van der Waals surface area contributed by atoms with Gasteiger partial charge < -0.3 is 13.9 Å². The number of ketones is 1. The van der Waals surface area contributed by atoms with E-state index >= 15 is 0 Å². The maximum Gasteiger partial charge on any atom is 0.262 e. The van der Waals surface area contributed by atoms with Crippen molar-refractivity contribution in [3.63, 3.8) is 0 Å². The summed E-state index contributed by atoms with van der Waals surface area (Å²) in [6.07, 6.45) is 2.15. The third kappa shape index (κ3) is 4.14. The normalized spacial score (nSPS) is 12.0. The molecule has 1 atom stereocenters. The number of rotatable bonds is 8. The second-order valence-corrected chi connectivity index (χ2v) is 7.50. The number of hydrogen-bond acceptors (Lipinski definition) is 6. The Labute approximate surface area is 185 Å². The van der Waals surface area contributed by atoms with Crippen molar-refractivity contribution in [1.29, 1.82) is 0 Å². The highest BCUT2D eigenvalue weighted by Gasteiger charge is 2.25. The molecule has 4 aromatic rings. The summed E-state index contributed by atoms with van der Waals surface area (Å²) < 4.78 is 17.7. The number of methoxy groups -OCH3 is 2. The van der Waals surface area contributed by atoms with Crippen LogP contribution in [0, 0.1) is 0 Å². The van der Waals surface area contributed by atoms with Crippen molar-refractivity contribution in [2.45, 2.75) is 25.8 Å². The van der Waals surface area contributed by atoms with Gasteiger partial charge in [0.1, 0.15) is 17.6 Å². The number of furan rings is 1. The van der Waals surface area contributed by atoms with Gasteiger partial charge in [-0.05, 0) is 48.9 Å². The lowest BCUT2D eigenvalue weighted by Crippen LogP contribution is -2.34. The van der Waals surface area contributed by atoms with Crippen molar-refractivity contribution in [2.75, 3.05) is 14.2 Å². The summed E-state index contributed by atoms with van der Waals surface area (Å²) in [7, 11) is 3.15. The fraction of sp³-hybridized carbons (Fsp3) is 0.240. The van der Waals surface area contributed by atoms with Gasteiger partial charge in [-0.2, -0.15) is 0 Å². The number of benzene rings is 2. The molecule has 0 saturated carbocycles. The van der Waals surface area contributed by atoms with Crippen molar-refractivity contribution in [3.05, 3.63) is 88.4 Å². The van der Waals surface area contributed by atoms with E-state index in [1.165, 1.54) is 11.5 Å². The minimum Gasteiger partial charge on any atom is -0.493 e. The lowest BCUT2D eigenvalue weighted by molar-refractivity contribution is -0.120. The van der Waals surface area contributed by atoms with Crippen LogP contribution in [0.15, 0.2) is 70.1 Å². The number of Topliss-reactive ketones (excluding diaryl/α,β-unsaturated/α-hetero) is 1. The van der Waals surface area contributed by atoms with E-state index in [1.54, 1.807) is 50.8 Å². The molecule has 0 radical (unpaired) electrons. The van der Waals surface area contributed by atoms with E-state index in [1.807, 2.05) is 24.3 Å². The molecule has 2 aromatic heterocycles. The molecule has 0 fully saturated rings. The molecule has 0 amide bonds. The van der Waals surface area contributed by atoms with Gasteiger partial charge in [-0.25, -0.2) is 4.98 Å². The molecule has 2 heterocycles. The highest BCUT2D eigenvalue weighted by atomic mass is 16.5. The first-order valence-electron chi connectivity index (χ1n) is 10.3. The number of para-hydroxylation sites is 1. The lowest BCUT2D eigenvalue weighted by Gasteiger charge is -2.21. The van der Waals surface area contributed by atoms with Crippen LogP contribution in [0.3, 0.4) is 0 Å². The molecule has 1 unspecified atom stereocenters. The Morgan fingerprint density at radius 3 is 2.53 bits per heavy atom. The standard InChI is InChI=1S/C25H24N2O5/c1-16(28)21(15-18-7-6-12-32-18)27-24(26-20-9-5-4-8-19(20)25(27)29)14-17-10-11-22(30-2)23(13-17)31-3/h4-13,21H,14-15H2,1-3H3. The Hall–Kier alpha value is -3.87. The largest absolute Gasteiger partial charge is 0.493 e. The van der Waals surface area contributed by atoms with Crippen LogP contribution >= 0.6 is 0 Å². The SMILES string of the molecule is COc1ccc(Cc2nc3ccccc3c(=O)n2C(Cc2ccco2)C(C)=O)cc1OC. The van der Waals surface area contributed by atoms with Crippen molar-refractivity contribution in [1.82, 2.24) is 9.55 Å². The Morgan fingerprint density at radius 2 is 1.84 bits per heavy atom. The van der Waals surface area contributed by atoms with Gasteiger partial charge in [-0.1, -0.05) is 18.2 Å². The molecule has 164 valence electrons.